The van der Waals surface area contributed by atoms with Gasteiger partial charge >= 0.3 is 0 Å². The molecule has 0 aliphatic rings. The monoisotopic (exact) mass is 208 g/mol. The van der Waals surface area contributed by atoms with Gasteiger partial charge in [0.25, 0.3) is 0 Å². The zero-order valence-electron chi connectivity index (χ0n) is 9.07. The van der Waals surface area contributed by atoms with Crippen LogP contribution in [0.3, 0.4) is 0 Å². The van der Waals surface area contributed by atoms with E-state index in [1.807, 2.05) is 31.3 Å². The third kappa shape index (κ3) is 1.48. The second-order valence-electron chi connectivity index (χ2n) is 3.96. The highest BCUT2D eigenvalue weighted by atomic mass is 14.7. The van der Waals surface area contributed by atoms with E-state index in [1.54, 1.807) is 0 Å². The van der Waals surface area contributed by atoms with Crippen LogP contribution in [0, 0.1) is 6.92 Å². The van der Waals surface area contributed by atoms with Crippen LogP contribution >= 0.6 is 0 Å². The molecule has 0 saturated heterocycles. The van der Waals surface area contributed by atoms with Gasteiger partial charge in [0.2, 0.25) is 0 Å². The molecule has 0 atom stereocenters. The normalized spacial score (nSPS) is 10.8. The van der Waals surface area contributed by atoms with Crippen LogP contribution in [0.2, 0.25) is 0 Å². The van der Waals surface area contributed by atoms with Crippen LogP contribution in [0.1, 0.15) is 5.69 Å². The van der Waals surface area contributed by atoms with Gasteiger partial charge in [0.15, 0.2) is 0 Å². The number of aromatic nitrogens is 2. The van der Waals surface area contributed by atoms with Crippen molar-refractivity contribution < 1.29 is 0 Å². The molecule has 0 aliphatic heterocycles. The van der Waals surface area contributed by atoms with Crippen LogP contribution in [0.25, 0.3) is 22.2 Å². The molecule has 0 aliphatic carbocycles. The minimum atomic E-state index is 1.04. The minimum Gasteiger partial charge on any atom is -0.354 e. The van der Waals surface area contributed by atoms with Gasteiger partial charge in [-0.3, -0.25) is 4.98 Å². The summed E-state index contributed by atoms with van der Waals surface area (Å²) in [6.45, 7) is 2.00. The zero-order chi connectivity index (χ0) is 11.0. The number of benzene rings is 1. The maximum Gasteiger partial charge on any atom is 0.0492 e. The molecule has 1 aromatic carbocycles. The van der Waals surface area contributed by atoms with Crippen LogP contribution in [-0.2, 0) is 0 Å². The van der Waals surface area contributed by atoms with Gasteiger partial charge in [0.1, 0.15) is 0 Å². The maximum atomic E-state index is 4.29. The van der Waals surface area contributed by atoms with Crippen molar-refractivity contribution in [2.45, 2.75) is 6.92 Å². The molecule has 3 aromatic rings. The number of nitrogens with zero attached hydrogens (tertiary/aromatic N) is 1. The predicted octanol–water partition coefficient (Wildman–Crippen LogP) is 3.54. The number of hydrogen-bond acceptors (Lipinski definition) is 1. The Bertz CT molecular complexity index is 624. The van der Waals surface area contributed by atoms with E-state index in [0.29, 0.717) is 0 Å². The van der Waals surface area contributed by atoms with Crippen LogP contribution in [0.5, 0.6) is 0 Å². The zero-order valence-corrected chi connectivity index (χ0v) is 9.07. The molecule has 2 aromatic heterocycles. The van der Waals surface area contributed by atoms with E-state index in [2.05, 4.69) is 34.2 Å². The molecule has 0 saturated carbocycles. The van der Waals surface area contributed by atoms with Crippen LogP contribution < -0.4 is 0 Å². The summed E-state index contributed by atoms with van der Waals surface area (Å²) >= 11 is 0. The number of aromatic amines is 1. The number of H-pyrrole nitrogens is 1. The standard InChI is InChI=1S/C14H12N2/c1-10-7-13-12(9-15-10)8-14(16-13)11-5-3-2-4-6-11/h2-9,16H,1H3. The summed E-state index contributed by atoms with van der Waals surface area (Å²) in [5.74, 6) is 0. The Morgan fingerprint density at radius 1 is 1.06 bits per heavy atom. The molecule has 0 radical (unpaired) electrons. The predicted molar refractivity (Wildman–Crippen MR) is 66.3 cm³/mol. The Morgan fingerprint density at radius 3 is 2.69 bits per heavy atom. The van der Waals surface area contributed by atoms with Crippen molar-refractivity contribution in [3.8, 4) is 11.3 Å². The molecule has 0 spiro atoms. The Balaban J connectivity index is 2.19. The van der Waals surface area contributed by atoms with Crippen molar-refractivity contribution in [2.24, 2.45) is 0 Å². The number of pyridine rings is 1. The number of hydrogen-bond donors (Lipinski definition) is 1. The highest BCUT2D eigenvalue weighted by Crippen LogP contribution is 2.23. The molecule has 3 rings (SSSR count). The quantitative estimate of drug-likeness (QED) is 0.651. The van der Waals surface area contributed by atoms with E-state index < -0.39 is 0 Å². The molecule has 0 bridgehead atoms. The summed E-state index contributed by atoms with van der Waals surface area (Å²) in [4.78, 5) is 7.71. The third-order valence-corrected chi connectivity index (χ3v) is 2.73. The lowest BCUT2D eigenvalue weighted by Crippen LogP contribution is -1.78. The van der Waals surface area contributed by atoms with Gasteiger partial charge in [-0.05, 0) is 24.6 Å². The van der Waals surface area contributed by atoms with E-state index in [0.717, 1.165) is 22.3 Å². The molecule has 2 heteroatoms. The second kappa shape index (κ2) is 3.49. The largest absolute Gasteiger partial charge is 0.354 e. The minimum absolute atomic E-state index is 1.04. The molecule has 2 heterocycles. The Hall–Kier alpha value is -2.09. The SMILES string of the molecule is Cc1cc2[nH]c(-c3ccccc3)cc2cn1. The highest BCUT2D eigenvalue weighted by Gasteiger charge is 2.02. The lowest BCUT2D eigenvalue weighted by atomic mass is 10.1. The van der Waals surface area contributed by atoms with E-state index in [-0.39, 0.29) is 0 Å². The fraction of sp³-hybridized carbons (Fsp3) is 0.0714. The van der Waals surface area contributed by atoms with Crippen molar-refractivity contribution in [3.63, 3.8) is 0 Å². The molecule has 0 unspecified atom stereocenters. The average Bonchev–Trinajstić information content (AvgIpc) is 2.73. The molecule has 1 N–H and O–H groups in total. The van der Waals surface area contributed by atoms with E-state index in [4.69, 9.17) is 0 Å². The van der Waals surface area contributed by atoms with Crippen molar-refractivity contribution in [1.82, 2.24) is 9.97 Å². The van der Waals surface area contributed by atoms with Crippen LogP contribution in [-0.4, -0.2) is 9.97 Å². The molecule has 78 valence electrons. The van der Waals surface area contributed by atoms with Gasteiger partial charge in [-0.1, -0.05) is 30.3 Å². The summed E-state index contributed by atoms with van der Waals surface area (Å²) in [7, 11) is 0. The first-order valence-electron chi connectivity index (χ1n) is 5.34. The number of rotatable bonds is 1. The topological polar surface area (TPSA) is 28.7 Å². The van der Waals surface area contributed by atoms with Gasteiger partial charge < -0.3 is 4.98 Å². The maximum absolute atomic E-state index is 4.29. The number of aryl methyl sites for hydroxylation is 1. The fourth-order valence-corrected chi connectivity index (χ4v) is 1.90. The van der Waals surface area contributed by atoms with Crippen molar-refractivity contribution >= 4 is 10.9 Å². The molecular weight excluding hydrogens is 196 g/mol. The molecule has 0 fully saturated rings. The third-order valence-electron chi connectivity index (χ3n) is 2.73. The first-order chi connectivity index (χ1) is 7.83. The van der Waals surface area contributed by atoms with Crippen molar-refractivity contribution in [2.75, 3.05) is 0 Å². The molecule has 0 amide bonds. The summed E-state index contributed by atoms with van der Waals surface area (Å²) in [5, 5.41) is 1.16. The summed E-state index contributed by atoms with van der Waals surface area (Å²) in [5.41, 5.74) is 4.53. The van der Waals surface area contributed by atoms with Gasteiger partial charge in [-0.25, -0.2) is 0 Å². The number of nitrogens with one attached hydrogen (secondary N) is 1. The lowest BCUT2D eigenvalue weighted by molar-refractivity contribution is 1.22. The summed E-state index contributed by atoms with van der Waals surface area (Å²) in [6, 6.07) is 14.5. The van der Waals surface area contributed by atoms with Gasteiger partial charge in [-0.15, -0.1) is 0 Å². The molecular formula is C14H12N2. The van der Waals surface area contributed by atoms with Crippen molar-refractivity contribution in [3.05, 3.63) is 54.4 Å². The Kier molecular flexibility index (Phi) is 2.00. The van der Waals surface area contributed by atoms with Gasteiger partial charge in [0, 0.05) is 28.5 Å². The van der Waals surface area contributed by atoms with Crippen LogP contribution in [0.15, 0.2) is 48.7 Å². The fourth-order valence-electron chi connectivity index (χ4n) is 1.90. The Labute approximate surface area is 94.0 Å². The smallest absolute Gasteiger partial charge is 0.0492 e. The van der Waals surface area contributed by atoms with Gasteiger partial charge in [-0.2, -0.15) is 0 Å². The Morgan fingerprint density at radius 2 is 1.88 bits per heavy atom. The second-order valence-corrected chi connectivity index (χ2v) is 3.96. The summed E-state index contributed by atoms with van der Waals surface area (Å²) < 4.78 is 0. The lowest BCUT2D eigenvalue weighted by Gasteiger charge is -1.95. The highest BCUT2D eigenvalue weighted by molar-refractivity contribution is 5.85. The van der Waals surface area contributed by atoms with Crippen LogP contribution in [0.4, 0.5) is 0 Å². The first kappa shape index (κ1) is 9.16. The molecule has 16 heavy (non-hydrogen) atoms. The average molecular weight is 208 g/mol. The van der Waals surface area contributed by atoms with E-state index >= 15 is 0 Å². The number of fused-ring (bicyclic) bond motifs is 1. The van der Waals surface area contributed by atoms with Gasteiger partial charge in [0.05, 0.1) is 0 Å². The first-order valence-corrected chi connectivity index (χ1v) is 5.34. The molecule has 2 nitrogen and oxygen atoms in total. The van der Waals surface area contributed by atoms with E-state index in [1.165, 1.54) is 5.56 Å². The summed E-state index contributed by atoms with van der Waals surface area (Å²) in [6.07, 6.45) is 1.91. The van der Waals surface area contributed by atoms with Crippen molar-refractivity contribution in [1.29, 1.82) is 0 Å². The van der Waals surface area contributed by atoms with E-state index in [9.17, 15) is 0 Å².